The number of nitrogens with two attached hydrogens (primary N) is 1. The molecular formula is C20H18N8. The first-order chi connectivity index (χ1) is 13.8. The van der Waals surface area contributed by atoms with Crippen molar-refractivity contribution >= 4 is 22.4 Å². The van der Waals surface area contributed by atoms with Crippen molar-refractivity contribution in [3.63, 3.8) is 0 Å². The number of hydrogen-bond donors (Lipinski definition) is 3. The van der Waals surface area contributed by atoms with E-state index >= 15 is 0 Å². The average Bonchev–Trinajstić information content (AvgIpc) is 3.21. The third-order valence-corrected chi connectivity index (χ3v) is 4.34. The van der Waals surface area contributed by atoms with Crippen molar-refractivity contribution in [1.82, 2.24) is 19.7 Å². The zero-order valence-electron chi connectivity index (χ0n) is 15.0. The molecule has 0 bridgehead atoms. The molecule has 4 rings (SSSR count). The zero-order chi connectivity index (χ0) is 19.3. The second-order valence-corrected chi connectivity index (χ2v) is 6.21. The zero-order valence-corrected chi connectivity index (χ0v) is 15.0. The van der Waals surface area contributed by atoms with Gasteiger partial charge >= 0.3 is 0 Å². The molecule has 4 N–H and O–H groups in total. The fourth-order valence-corrected chi connectivity index (χ4v) is 2.95. The van der Waals surface area contributed by atoms with Crippen LogP contribution in [0.2, 0.25) is 0 Å². The molecule has 0 saturated carbocycles. The molecular weight excluding hydrogens is 352 g/mol. The Balaban J connectivity index is 1.57. The van der Waals surface area contributed by atoms with Gasteiger partial charge in [0.2, 0.25) is 0 Å². The van der Waals surface area contributed by atoms with Gasteiger partial charge in [0.15, 0.2) is 5.82 Å². The highest BCUT2D eigenvalue weighted by Crippen LogP contribution is 2.25. The monoisotopic (exact) mass is 370 g/mol. The second-order valence-electron chi connectivity index (χ2n) is 6.21. The summed E-state index contributed by atoms with van der Waals surface area (Å²) < 4.78 is 1.57. The molecule has 0 unspecified atom stereocenters. The molecule has 1 aromatic carbocycles. The highest BCUT2D eigenvalue weighted by atomic mass is 15.3. The Hall–Kier alpha value is -3.96. The quantitative estimate of drug-likeness (QED) is 0.353. The van der Waals surface area contributed by atoms with Crippen molar-refractivity contribution in [2.45, 2.75) is 13.1 Å². The van der Waals surface area contributed by atoms with E-state index in [4.69, 9.17) is 11.1 Å². The summed E-state index contributed by atoms with van der Waals surface area (Å²) >= 11 is 0. The molecule has 138 valence electrons. The molecule has 0 aliphatic carbocycles. The lowest BCUT2D eigenvalue weighted by atomic mass is 10.1. The van der Waals surface area contributed by atoms with Crippen LogP contribution in [0.4, 0.5) is 11.5 Å². The molecule has 0 fully saturated rings. The van der Waals surface area contributed by atoms with E-state index in [0.717, 1.165) is 27.7 Å². The van der Waals surface area contributed by atoms with Gasteiger partial charge in [0.25, 0.3) is 0 Å². The van der Waals surface area contributed by atoms with Crippen LogP contribution in [0, 0.1) is 11.3 Å². The molecule has 0 aliphatic rings. The van der Waals surface area contributed by atoms with Gasteiger partial charge in [-0.05, 0) is 35.9 Å². The van der Waals surface area contributed by atoms with Gasteiger partial charge in [-0.3, -0.25) is 15.5 Å². The number of benzene rings is 1. The second kappa shape index (κ2) is 7.73. The van der Waals surface area contributed by atoms with E-state index in [1.165, 1.54) is 0 Å². The summed E-state index contributed by atoms with van der Waals surface area (Å²) in [6.45, 7) is 0.786. The van der Waals surface area contributed by atoms with Crippen molar-refractivity contribution in [2.24, 2.45) is 5.84 Å². The molecule has 28 heavy (non-hydrogen) atoms. The number of hydrazine groups is 1. The lowest BCUT2D eigenvalue weighted by Crippen LogP contribution is -2.12. The largest absolute Gasteiger partial charge is 0.364 e. The van der Waals surface area contributed by atoms with Crippen molar-refractivity contribution < 1.29 is 0 Å². The highest BCUT2D eigenvalue weighted by molar-refractivity contribution is 5.79. The Morgan fingerprint density at radius 1 is 1.18 bits per heavy atom. The predicted molar refractivity (Wildman–Crippen MR) is 108 cm³/mol. The van der Waals surface area contributed by atoms with Gasteiger partial charge in [0.1, 0.15) is 6.54 Å². The maximum atomic E-state index is 8.79. The third kappa shape index (κ3) is 3.60. The van der Waals surface area contributed by atoms with Crippen LogP contribution in [0.25, 0.3) is 22.2 Å². The molecule has 4 aromatic rings. The van der Waals surface area contributed by atoms with Crippen LogP contribution in [0.1, 0.15) is 5.56 Å². The topological polar surface area (TPSA) is 117 Å². The van der Waals surface area contributed by atoms with Gasteiger partial charge in [0, 0.05) is 29.9 Å². The predicted octanol–water partition coefficient (Wildman–Crippen LogP) is 2.91. The van der Waals surface area contributed by atoms with E-state index in [1.807, 2.05) is 36.4 Å². The minimum atomic E-state index is 0.199. The lowest BCUT2D eigenvalue weighted by molar-refractivity contribution is 0.710. The first kappa shape index (κ1) is 17.5. The molecule has 0 atom stereocenters. The number of aromatic nitrogens is 4. The van der Waals surface area contributed by atoms with Crippen LogP contribution < -0.4 is 16.6 Å². The minimum absolute atomic E-state index is 0.199. The van der Waals surface area contributed by atoms with Gasteiger partial charge in [-0.15, -0.1) is 0 Å². The van der Waals surface area contributed by atoms with Crippen LogP contribution >= 0.6 is 0 Å². The number of hydrogen-bond acceptors (Lipinski definition) is 7. The van der Waals surface area contributed by atoms with Gasteiger partial charge in [-0.25, -0.2) is 4.98 Å². The molecule has 0 saturated heterocycles. The third-order valence-electron chi connectivity index (χ3n) is 4.34. The molecule has 0 radical (unpaired) electrons. The van der Waals surface area contributed by atoms with Crippen LogP contribution in [0.5, 0.6) is 0 Å². The summed E-state index contributed by atoms with van der Waals surface area (Å²) in [5.74, 6) is 6.27. The number of nitrogens with one attached hydrogen (secondary N) is 2. The fourth-order valence-electron chi connectivity index (χ4n) is 2.95. The number of fused-ring (bicyclic) bond motifs is 1. The summed E-state index contributed by atoms with van der Waals surface area (Å²) in [6.07, 6.45) is 5.27. The molecule has 0 aliphatic heterocycles. The van der Waals surface area contributed by atoms with Crippen LogP contribution in [0.3, 0.4) is 0 Å². The van der Waals surface area contributed by atoms with E-state index < -0.39 is 0 Å². The number of nitrogen functional groups attached to an aromatic ring is 1. The van der Waals surface area contributed by atoms with Gasteiger partial charge in [0.05, 0.1) is 29.2 Å². The molecule has 8 nitrogen and oxygen atoms in total. The smallest absolute Gasteiger partial charge is 0.151 e. The van der Waals surface area contributed by atoms with Crippen molar-refractivity contribution in [1.29, 1.82) is 5.26 Å². The van der Waals surface area contributed by atoms with E-state index in [1.54, 1.807) is 23.3 Å². The van der Waals surface area contributed by atoms with Gasteiger partial charge in [-0.2, -0.15) is 10.4 Å². The number of pyridine rings is 2. The minimum Gasteiger partial charge on any atom is -0.364 e. The summed E-state index contributed by atoms with van der Waals surface area (Å²) in [5, 5.41) is 17.4. The SMILES string of the molecule is N#CCn1cc(-c2ccc(NN)c(NCc3ccc4ncccc4c3)n2)cn1. The standard InChI is InChI=1S/C20H18N8/c21-7-9-28-13-16(12-25-28)18-5-6-19(27-22)20(26-18)24-11-14-3-4-17-15(10-14)2-1-8-23-17/h1-6,8,10,12-13,27H,9,11,22H2,(H,24,26). The Bertz CT molecular complexity index is 1160. The number of anilines is 2. The van der Waals surface area contributed by atoms with Crippen molar-refractivity contribution in [3.05, 3.63) is 66.6 Å². The molecule has 0 spiro atoms. The highest BCUT2D eigenvalue weighted by Gasteiger charge is 2.09. The molecule has 8 heteroatoms. The summed E-state index contributed by atoms with van der Waals surface area (Å²) in [5.41, 5.74) is 7.00. The van der Waals surface area contributed by atoms with Gasteiger partial charge in [-0.1, -0.05) is 12.1 Å². The molecule has 3 aromatic heterocycles. The lowest BCUT2D eigenvalue weighted by Gasteiger charge is -2.12. The Kier molecular flexibility index (Phi) is 4.82. The Morgan fingerprint density at radius 3 is 2.96 bits per heavy atom. The summed E-state index contributed by atoms with van der Waals surface area (Å²) in [4.78, 5) is 9.00. The average molecular weight is 370 g/mol. The van der Waals surface area contributed by atoms with E-state index in [2.05, 4.69) is 37.9 Å². The van der Waals surface area contributed by atoms with Crippen molar-refractivity contribution in [3.8, 4) is 17.3 Å². The number of nitriles is 1. The molecule has 0 amide bonds. The summed E-state index contributed by atoms with van der Waals surface area (Å²) in [7, 11) is 0. The fraction of sp³-hybridized carbons (Fsp3) is 0.100. The van der Waals surface area contributed by atoms with Crippen LogP contribution in [0.15, 0.2) is 61.1 Å². The van der Waals surface area contributed by atoms with Crippen molar-refractivity contribution in [2.75, 3.05) is 10.7 Å². The van der Waals surface area contributed by atoms with Crippen LogP contribution in [-0.4, -0.2) is 19.7 Å². The number of nitrogens with zero attached hydrogens (tertiary/aromatic N) is 5. The maximum absolute atomic E-state index is 8.79. The maximum Gasteiger partial charge on any atom is 0.151 e. The Morgan fingerprint density at radius 2 is 2.11 bits per heavy atom. The molecule has 3 heterocycles. The first-order valence-corrected chi connectivity index (χ1v) is 8.72. The normalized spacial score (nSPS) is 10.6. The first-order valence-electron chi connectivity index (χ1n) is 8.72. The number of rotatable bonds is 6. The van der Waals surface area contributed by atoms with E-state index in [9.17, 15) is 0 Å². The van der Waals surface area contributed by atoms with Crippen LogP contribution in [-0.2, 0) is 13.1 Å². The summed E-state index contributed by atoms with van der Waals surface area (Å²) in [6, 6.07) is 15.9. The van der Waals surface area contributed by atoms with E-state index in [-0.39, 0.29) is 6.54 Å². The van der Waals surface area contributed by atoms with Gasteiger partial charge < -0.3 is 10.7 Å². The Labute approximate surface area is 161 Å². The van der Waals surface area contributed by atoms with E-state index in [0.29, 0.717) is 18.1 Å².